The topological polar surface area (TPSA) is 38.1 Å². The summed E-state index contributed by atoms with van der Waals surface area (Å²) >= 11 is 0. The molecule has 0 radical (unpaired) electrons. The van der Waals surface area contributed by atoms with Gasteiger partial charge in [-0.25, -0.2) is 0 Å². The van der Waals surface area contributed by atoms with Crippen LogP contribution in [0.4, 0.5) is 0 Å². The maximum atomic E-state index is 5.17. The summed E-state index contributed by atoms with van der Waals surface area (Å²) in [6, 6.07) is 8.78. The van der Waals surface area contributed by atoms with Crippen LogP contribution in [0.2, 0.25) is 0 Å². The summed E-state index contributed by atoms with van der Waals surface area (Å²) in [5.74, 6) is 0.900. The number of nitrogens with one attached hydrogen (secondary N) is 1. The Morgan fingerprint density at radius 3 is 2.56 bits per heavy atom. The summed E-state index contributed by atoms with van der Waals surface area (Å²) in [5.41, 5.74) is 4.79. The van der Waals surface area contributed by atoms with Gasteiger partial charge in [0, 0.05) is 18.2 Å². The zero-order valence-electron chi connectivity index (χ0n) is 11.4. The Bertz CT molecular complexity index is 512. The van der Waals surface area contributed by atoms with E-state index >= 15 is 0 Å². The van der Waals surface area contributed by atoms with E-state index in [0.717, 1.165) is 23.6 Å². The van der Waals surface area contributed by atoms with Gasteiger partial charge in [-0.1, -0.05) is 29.4 Å². The van der Waals surface area contributed by atoms with Crippen LogP contribution in [0, 0.1) is 20.8 Å². The van der Waals surface area contributed by atoms with Crippen molar-refractivity contribution >= 4 is 0 Å². The molecular weight excluding hydrogens is 224 g/mol. The molecule has 1 aromatic carbocycles. The molecule has 0 aliphatic rings. The minimum absolute atomic E-state index is 0.319. The molecule has 96 valence electrons. The summed E-state index contributed by atoms with van der Waals surface area (Å²) in [4.78, 5) is 0. The van der Waals surface area contributed by atoms with E-state index in [1.54, 1.807) is 0 Å². The average Bonchev–Trinajstić information content (AvgIpc) is 2.67. The molecule has 0 amide bonds. The van der Waals surface area contributed by atoms with Crippen molar-refractivity contribution in [3.05, 3.63) is 52.4 Å². The van der Waals surface area contributed by atoms with E-state index in [-0.39, 0.29) is 0 Å². The van der Waals surface area contributed by atoms with Gasteiger partial charge in [-0.3, -0.25) is 0 Å². The zero-order valence-corrected chi connectivity index (χ0v) is 11.4. The predicted molar refractivity (Wildman–Crippen MR) is 72.4 cm³/mol. The molecule has 1 aromatic heterocycles. The van der Waals surface area contributed by atoms with E-state index < -0.39 is 0 Å². The largest absolute Gasteiger partial charge is 0.361 e. The lowest BCUT2D eigenvalue weighted by Crippen LogP contribution is -2.19. The third-order valence-electron chi connectivity index (χ3n) is 3.42. The maximum Gasteiger partial charge on any atom is 0.138 e. The fourth-order valence-corrected chi connectivity index (χ4v) is 2.19. The van der Waals surface area contributed by atoms with Gasteiger partial charge in [-0.2, -0.15) is 0 Å². The quantitative estimate of drug-likeness (QED) is 0.895. The fourth-order valence-electron chi connectivity index (χ4n) is 2.19. The molecule has 3 nitrogen and oxygen atoms in total. The van der Waals surface area contributed by atoms with Gasteiger partial charge in [-0.05, 0) is 38.8 Å². The second kappa shape index (κ2) is 5.36. The smallest absolute Gasteiger partial charge is 0.138 e. The Balaban J connectivity index is 2.05. The third-order valence-corrected chi connectivity index (χ3v) is 3.42. The first kappa shape index (κ1) is 12.8. The molecule has 0 saturated heterocycles. The summed E-state index contributed by atoms with van der Waals surface area (Å²) in [6.07, 6.45) is 0. The van der Waals surface area contributed by atoms with Crippen molar-refractivity contribution in [3.8, 4) is 0 Å². The van der Waals surface area contributed by atoms with Gasteiger partial charge < -0.3 is 9.84 Å². The van der Waals surface area contributed by atoms with E-state index in [4.69, 9.17) is 4.52 Å². The van der Waals surface area contributed by atoms with Crippen LogP contribution in [-0.4, -0.2) is 5.16 Å². The van der Waals surface area contributed by atoms with Crippen LogP contribution in [-0.2, 0) is 6.54 Å². The van der Waals surface area contributed by atoms with Crippen LogP contribution >= 0.6 is 0 Å². The highest BCUT2D eigenvalue weighted by molar-refractivity contribution is 5.28. The standard InChI is InChI=1S/C15H20N2O/c1-10-7-5-6-8-14(10)11(2)16-9-15-12(3)17-18-13(15)4/h5-8,11,16H,9H2,1-4H3/t11-/m1/s1. The maximum absolute atomic E-state index is 5.17. The van der Waals surface area contributed by atoms with Crippen molar-refractivity contribution in [2.45, 2.75) is 40.3 Å². The molecule has 2 aromatic rings. The Kier molecular flexibility index (Phi) is 3.82. The van der Waals surface area contributed by atoms with Gasteiger partial charge in [0.15, 0.2) is 0 Å². The van der Waals surface area contributed by atoms with Crippen LogP contribution in [0.15, 0.2) is 28.8 Å². The number of hydrogen-bond acceptors (Lipinski definition) is 3. The second-order valence-electron chi connectivity index (χ2n) is 4.76. The van der Waals surface area contributed by atoms with E-state index in [2.05, 4.69) is 48.6 Å². The number of aromatic nitrogens is 1. The SMILES string of the molecule is Cc1ccccc1[C@@H](C)NCc1c(C)noc1C. The first-order valence-electron chi connectivity index (χ1n) is 6.30. The Morgan fingerprint density at radius 2 is 1.94 bits per heavy atom. The molecule has 1 heterocycles. The number of aryl methyl sites for hydroxylation is 3. The molecular formula is C15H20N2O. The molecule has 1 atom stereocenters. The first-order chi connectivity index (χ1) is 8.59. The van der Waals surface area contributed by atoms with E-state index in [9.17, 15) is 0 Å². The average molecular weight is 244 g/mol. The summed E-state index contributed by atoms with van der Waals surface area (Å²) in [5, 5.41) is 7.49. The Morgan fingerprint density at radius 1 is 1.22 bits per heavy atom. The third kappa shape index (κ3) is 2.62. The van der Waals surface area contributed by atoms with E-state index in [1.165, 1.54) is 11.1 Å². The molecule has 1 N–H and O–H groups in total. The Labute approximate surface area is 108 Å². The fraction of sp³-hybridized carbons (Fsp3) is 0.400. The Hall–Kier alpha value is -1.61. The number of nitrogens with zero attached hydrogens (tertiary/aromatic N) is 1. The van der Waals surface area contributed by atoms with Crippen molar-refractivity contribution in [3.63, 3.8) is 0 Å². The first-order valence-corrected chi connectivity index (χ1v) is 6.30. The van der Waals surface area contributed by atoms with Crippen molar-refractivity contribution in [2.24, 2.45) is 0 Å². The van der Waals surface area contributed by atoms with Crippen molar-refractivity contribution in [1.29, 1.82) is 0 Å². The number of hydrogen-bond donors (Lipinski definition) is 1. The van der Waals surface area contributed by atoms with Crippen LogP contribution in [0.25, 0.3) is 0 Å². The lowest BCUT2D eigenvalue weighted by Gasteiger charge is -2.16. The predicted octanol–water partition coefficient (Wildman–Crippen LogP) is 3.45. The van der Waals surface area contributed by atoms with Gasteiger partial charge in [-0.15, -0.1) is 0 Å². The van der Waals surface area contributed by atoms with Gasteiger partial charge in [0.05, 0.1) is 5.69 Å². The highest BCUT2D eigenvalue weighted by Gasteiger charge is 2.12. The summed E-state index contributed by atoms with van der Waals surface area (Å²) in [6.45, 7) is 9.04. The van der Waals surface area contributed by atoms with Crippen LogP contribution in [0.1, 0.15) is 41.1 Å². The molecule has 3 heteroatoms. The second-order valence-corrected chi connectivity index (χ2v) is 4.76. The monoisotopic (exact) mass is 244 g/mol. The van der Waals surface area contributed by atoms with E-state index in [0.29, 0.717) is 6.04 Å². The minimum Gasteiger partial charge on any atom is -0.361 e. The highest BCUT2D eigenvalue weighted by atomic mass is 16.5. The van der Waals surface area contributed by atoms with Crippen molar-refractivity contribution in [1.82, 2.24) is 10.5 Å². The normalized spacial score (nSPS) is 12.7. The van der Waals surface area contributed by atoms with Crippen molar-refractivity contribution < 1.29 is 4.52 Å². The lowest BCUT2D eigenvalue weighted by atomic mass is 10.0. The minimum atomic E-state index is 0.319. The molecule has 0 saturated carbocycles. The summed E-state index contributed by atoms with van der Waals surface area (Å²) < 4.78 is 5.17. The van der Waals surface area contributed by atoms with Crippen LogP contribution in [0.3, 0.4) is 0 Å². The highest BCUT2D eigenvalue weighted by Crippen LogP contribution is 2.18. The van der Waals surface area contributed by atoms with Gasteiger partial charge in [0.1, 0.15) is 5.76 Å². The van der Waals surface area contributed by atoms with Crippen LogP contribution in [0.5, 0.6) is 0 Å². The molecule has 2 rings (SSSR count). The lowest BCUT2D eigenvalue weighted by molar-refractivity contribution is 0.391. The van der Waals surface area contributed by atoms with Gasteiger partial charge in [0.25, 0.3) is 0 Å². The molecule has 0 spiro atoms. The van der Waals surface area contributed by atoms with Gasteiger partial charge >= 0.3 is 0 Å². The van der Waals surface area contributed by atoms with Crippen LogP contribution < -0.4 is 5.32 Å². The molecule has 0 unspecified atom stereocenters. The van der Waals surface area contributed by atoms with E-state index in [1.807, 2.05) is 13.8 Å². The number of rotatable bonds is 4. The number of benzene rings is 1. The molecule has 0 aliphatic carbocycles. The molecule has 0 bridgehead atoms. The zero-order chi connectivity index (χ0) is 13.1. The molecule has 0 fully saturated rings. The molecule has 0 aliphatic heterocycles. The van der Waals surface area contributed by atoms with Gasteiger partial charge in [0.2, 0.25) is 0 Å². The molecule has 18 heavy (non-hydrogen) atoms. The summed E-state index contributed by atoms with van der Waals surface area (Å²) in [7, 11) is 0. The van der Waals surface area contributed by atoms with Crippen molar-refractivity contribution in [2.75, 3.05) is 0 Å².